The highest BCUT2D eigenvalue weighted by atomic mass is 79.9. The Balaban J connectivity index is 3.07. The maximum absolute atomic E-state index is 12.8. The Labute approximate surface area is 108 Å². The molecule has 0 heterocycles. The molecule has 1 rings (SSSR count). The van der Waals surface area contributed by atoms with Crippen molar-refractivity contribution in [1.29, 1.82) is 0 Å². The minimum absolute atomic E-state index is 0.315. The van der Waals surface area contributed by atoms with Crippen LogP contribution in [0.1, 0.15) is 25.0 Å². The number of nitrogens with zero attached hydrogens (tertiary/aromatic N) is 1. The second-order valence-corrected chi connectivity index (χ2v) is 4.68. The summed E-state index contributed by atoms with van der Waals surface area (Å²) in [5.74, 6) is 0. The van der Waals surface area contributed by atoms with E-state index >= 15 is 0 Å². The molecule has 17 heavy (non-hydrogen) atoms. The lowest BCUT2D eigenvalue weighted by Crippen LogP contribution is -2.24. The SMILES string of the molecule is CCN(CC)Cc1cc(Br)ccc1C(F)(F)F. The predicted molar refractivity (Wildman–Crippen MR) is 65.8 cm³/mol. The third-order valence-electron chi connectivity index (χ3n) is 2.66. The summed E-state index contributed by atoms with van der Waals surface area (Å²) in [4.78, 5) is 1.96. The topological polar surface area (TPSA) is 3.24 Å². The molecule has 5 heteroatoms. The summed E-state index contributed by atoms with van der Waals surface area (Å²) >= 11 is 3.21. The fourth-order valence-electron chi connectivity index (χ4n) is 1.66. The summed E-state index contributed by atoms with van der Waals surface area (Å²) in [6.45, 7) is 5.67. The van der Waals surface area contributed by atoms with Gasteiger partial charge in [-0.2, -0.15) is 13.2 Å². The molecule has 0 aliphatic rings. The van der Waals surface area contributed by atoms with Crippen molar-refractivity contribution in [1.82, 2.24) is 4.90 Å². The fourth-order valence-corrected chi connectivity index (χ4v) is 2.07. The molecular weight excluding hydrogens is 295 g/mol. The van der Waals surface area contributed by atoms with Gasteiger partial charge in [-0.25, -0.2) is 0 Å². The zero-order valence-electron chi connectivity index (χ0n) is 9.81. The van der Waals surface area contributed by atoms with Crippen LogP contribution in [0.2, 0.25) is 0 Å². The third-order valence-corrected chi connectivity index (χ3v) is 3.15. The molecule has 0 N–H and O–H groups in total. The maximum Gasteiger partial charge on any atom is 0.416 e. The summed E-state index contributed by atoms with van der Waals surface area (Å²) in [6, 6.07) is 4.10. The standard InChI is InChI=1S/C12H15BrF3N/c1-3-17(4-2)8-9-7-10(13)5-6-11(9)12(14,15)16/h5-7H,3-4,8H2,1-2H3. The van der Waals surface area contributed by atoms with Gasteiger partial charge in [-0.3, -0.25) is 4.90 Å². The van der Waals surface area contributed by atoms with E-state index in [1.807, 2.05) is 18.7 Å². The summed E-state index contributed by atoms with van der Waals surface area (Å²) in [6.07, 6.45) is -4.29. The van der Waals surface area contributed by atoms with Crippen molar-refractivity contribution >= 4 is 15.9 Å². The Morgan fingerprint density at radius 1 is 1.18 bits per heavy atom. The monoisotopic (exact) mass is 309 g/mol. The number of halogens is 4. The molecule has 0 saturated carbocycles. The number of rotatable bonds is 4. The average Bonchev–Trinajstić information content (AvgIpc) is 2.24. The molecule has 0 aliphatic heterocycles. The molecule has 0 saturated heterocycles. The van der Waals surface area contributed by atoms with Crippen molar-refractivity contribution in [3.63, 3.8) is 0 Å². The Bertz CT molecular complexity index is 373. The summed E-state index contributed by atoms with van der Waals surface area (Å²) in [7, 11) is 0. The van der Waals surface area contributed by atoms with E-state index in [1.165, 1.54) is 6.07 Å². The van der Waals surface area contributed by atoms with E-state index in [2.05, 4.69) is 15.9 Å². The molecule has 0 aliphatic carbocycles. The second-order valence-electron chi connectivity index (χ2n) is 3.76. The first-order valence-electron chi connectivity index (χ1n) is 5.46. The van der Waals surface area contributed by atoms with Gasteiger partial charge in [-0.1, -0.05) is 29.8 Å². The highest BCUT2D eigenvalue weighted by Crippen LogP contribution is 2.33. The minimum atomic E-state index is -4.29. The zero-order chi connectivity index (χ0) is 13.1. The molecule has 0 spiro atoms. The van der Waals surface area contributed by atoms with Crippen LogP contribution < -0.4 is 0 Å². The smallest absolute Gasteiger partial charge is 0.300 e. The first kappa shape index (κ1) is 14.5. The van der Waals surface area contributed by atoms with E-state index < -0.39 is 11.7 Å². The van der Waals surface area contributed by atoms with Crippen molar-refractivity contribution in [3.8, 4) is 0 Å². The quantitative estimate of drug-likeness (QED) is 0.801. The van der Waals surface area contributed by atoms with E-state index in [4.69, 9.17) is 0 Å². The molecule has 0 atom stereocenters. The molecule has 96 valence electrons. The lowest BCUT2D eigenvalue weighted by molar-refractivity contribution is -0.138. The van der Waals surface area contributed by atoms with Gasteiger partial charge in [0.15, 0.2) is 0 Å². The van der Waals surface area contributed by atoms with Gasteiger partial charge in [0.25, 0.3) is 0 Å². The third kappa shape index (κ3) is 4.00. The van der Waals surface area contributed by atoms with Crippen LogP contribution in [0, 0.1) is 0 Å². The van der Waals surface area contributed by atoms with E-state index in [9.17, 15) is 13.2 Å². The second kappa shape index (κ2) is 5.87. The molecule has 0 unspecified atom stereocenters. The molecule has 0 radical (unpaired) electrons. The lowest BCUT2D eigenvalue weighted by Gasteiger charge is -2.21. The maximum atomic E-state index is 12.8. The van der Waals surface area contributed by atoms with Crippen molar-refractivity contribution in [2.24, 2.45) is 0 Å². The van der Waals surface area contributed by atoms with Crippen molar-refractivity contribution in [2.75, 3.05) is 13.1 Å². The van der Waals surface area contributed by atoms with E-state index in [1.54, 1.807) is 6.07 Å². The van der Waals surface area contributed by atoms with E-state index in [0.29, 0.717) is 16.6 Å². The van der Waals surface area contributed by atoms with Crippen LogP contribution in [0.25, 0.3) is 0 Å². The number of benzene rings is 1. The Morgan fingerprint density at radius 3 is 2.24 bits per heavy atom. The molecule has 1 nitrogen and oxygen atoms in total. The van der Waals surface area contributed by atoms with Crippen LogP contribution in [-0.2, 0) is 12.7 Å². The summed E-state index contributed by atoms with van der Waals surface area (Å²) in [5, 5.41) is 0. The van der Waals surface area contributed by atoms with Gasteiger partial charge in [-0.15, -0.1) is 0 Å². The van der Waals surface area contributed by atoms with E-state index in [0.717, 1.165) is 19.2 Å². The van der Waals surface area contributed by atoms with Crippen LogP contribution in [0.5, 0.6) is 0 Å². The molecule has 0 bridgehead atoms. The molecule has 0 amide bonds. The number of hydrogen-bond donors (Lipinski definition) is 0. The first-order valence-corrected chi connectivity index (χ1v) is 6.25. The molecular formula is C12H15BrF3N. The number of hydrogen-bond acceptors (Lipinski definition) is 1. The van der Waals surface area contributed by atoms with Crippen LogP contribution in [0.15, 0.2) is 22.7 Å². The van der Waals surface area contributed by atoms with Crippen LogP contribution in [0.3, 0.4) is 0 Å². The largest absolute Gasteiger partial charge is 0.416 e. The Hall–Kier alpha value is -0.550. The Morgan fingerprint density at radius 2 is 1.76 bits per heavy atom. The van der Waals surface area contributed by atoms with Gasteiger partial charge in [-0.05, 0) is 36.9 Å². The zero-order valence-corrected chi connectivity index (χ0v) is 11.4. The molecule has 1 aromatic carbocycles. The van der Waals surface area contributed by atoms with Crippen LogP contribution in [0.4, 0.5) is 13.2 Å². The lowest BCUT2D eigenvalue weighted by atomic mass is 10.1. The van der Waals surface area contributed by atoms with Gasteiger partial charge in [0.1, 0.15) is 0 Å². The van der Waals surface area contributed by atoms with Crippen molar-refractivity contribution < 1.29 is 13.2 Å². The summed E-state index contributed by atoms with van der Waals surface area (Å²) < 4.78 is 39.1. The van der Waals surface area contributed by atoms with Gasteiger partial charge in [0.05, 0.1) is 5.56 Å². The first-order chi connectivity index (χ1) is 7.88. The van der Waals surface area contributed by atoms with Crippen LogP contribution in [-0.4, -0.2) is 18.0 Å². The van der Waals surface area contributed by atoms with Crippen LogP contribution >= 0.6 is 15.9 Å². The summed E-state index contributed by atoms with van der Waals surface area (Å²) in [5.41, 5.74) is -0.233. The van der Waals surface area contributed by atoms with E-state index in [-0.39, 0.29) is 0 Å². The number of alkyl halides is 3. The van der Waals surface area contributed by atoms with Crippen molar-refractivity contribution in [3.05, 3.63) is 33.8 Å². The highest BCUT2D eigenvalue weighted by Gasteiger charge is 2.33. The van der Waals surface area contributed by atoms with Gasteiger partial charge in [0, 0.05) is 11.0 Å². The predicted octanol–water partition coefficient (Wildman–Crippen LogP) is 4.31. The normalized spacial score (nSPS) is 12.2. The minimum Gasteiger partial charge on any atom is -0.300 e. The van der Waals surface area contributed by atoms with Gasteiger partial charge < -0.3 is 0 Å². The molecule has 1 aromatic rings. The highest BCUT2D eigenvalue weighted by molar-refractivity contribution is 9.10. The Kier molecular flexibility index (Phi) is 5.01. The molecule has 0 aromatic heterocycles. The van der Waals surface area contributed by atoms with Gasteiger partial charge >= 0.3 is 6.18 Å². The fraction of sp³-hybridized carbons (Fsp3) is 0.500. The average molecular weight is 310 g/mol. The van der Waals surface area contributed by atoms with Crippen molar-refractivity contribution in [2.45, 2.75) is 26.6 Å². The molecule has 0 fully saturated rings. The van der Waals surface area contributed by atoms with Gasteiger partial charge in [0.2, 0.25) is 0 Å².